The molecule has 0 aromatic carbocycles. The minimum absolute atomic E-state index is 0.0514. The molecule has 2 aliphatic rings. The number of ether oxygens (including phenoxy) is 1. The van der Waals surface area contributed by atoms with Crippen LogP contribution in [-0.4, -0.2) is 30.1 Å². The molecule has 116 valence electrons. The number of esters is 1. The average molecular weight is 292 g/mol. The number of aliphatic hydroxyl groups is 1. The average Bonchev–Trinajstić information content (AvgIpc) is 2.85. The van der Waals surface area contributed by atoms with E-state index in [1.165, 1.54) is 0 Å². The zero-order valence-corrected chi connectivity index (χ0v) is 12.7. The maximum absolute atomic E-state index is 11.8. The fourth-order valence-corrected chi connectivity index (χ4v) is 2.53. The summed E-state index contributed by atoms with van der Waals surface area (Å²) in [7, 11) is 1.00. The van der Waals surface area contributed by atoms with E-state index in [-0.39, 0.29) is 23.8 Å². The van der Waals surface area contributed by atoms with Crippen molar-refractivity contribution in [3.63, 3.8) is 0 Å². The zero-order chi connectivity index (χ0) is 15.7. The number of rotatable bonds is 4. The Morgan fingerprint density at radius 2 is 2.10 bits per heavy atom. The molecule has 0 saturated carbocycles. The summed E-state index contributed by atoms with van der Waals surface area (Å²) in [6.45, 7) is 1.98. The molecule has 1 N–H and O–H groups in total. The Hall–Kier alpha value is -1.68. The van der Waals surface area contributed by atoms with E-state index in [1.807, 2.05) is 25.2 Å². The third-order valence-electron chi connectivity index (χ3n) is 3.60. The molecule has 21 heavy (non-hydrogen) atoms. The van der Waals surface area contributed by atoms with Crippen LogP contribution in [0.3, 0.4) is 0 Å². The minimum Gasteiger partial charge on any atom is -0.462 e. The van der Waals surface area contributed by atoms with Gasteiger partial charge in [-0.2, -0.15) is 0 Å². The van der Waals surface area contributed by atoms with Gasteiger partial charge in [0.05, 0.1) is 0 Å². The minimum atomic E-state index is -0.115. The van der Waals surface area contributed by atoms with Crippen molar-refractivity contribution < 1.29 is 19.4 Å². The van der Waals surface area contributed by atoms with E-state index in [2.05, 4.69) is 6.08 Å². The highest BCUT2D eigenvalue weighted by Gasteiger charge is 2.24. The SMILES string of the molecule is C/C=C\C[C@H]1C=CC(=O)/C1=C/CC1CCCC(=O)O1.CO. The fourth-order valence-electron chi connectivity index (χ4n) is 2.53. The van der Waals surface area contributed by atoms with Crippen molar-refractivity contribution in [1.82, 2.24) is 0 Å². The van der Waals surface area contributed by atoms with Crippen LogP contribution >= 0.6 is 0 Å². The molecule has 0 bridgehead atoms. The van der Waals surface area contributed by atoms with Gasteiger partial charge < -0.3 is 9.84 Å². The van der Waals surface area contributed by atoms with Crippen LogP contribution in [0, 0.1) is 5.92 Å². The topological polar surface area (TPSA) is 63.6 Å². The van der Waals surface area contributed by atoms with Gasteiger partial charge in [-0.05, 0) is 32.3 Å². The summed E-state index contributed by atoms with van der Waals surface area (Å²) in [6.07, 6.45) is 13.4. The summed E-state index contributed by atoms with van der Waals surface area (Å²) < 4.78 is 5.27. The molecule has 2 rings (SSSR count). The summed E-state index contributed by atoms with van der Waals surface area (Å²) in [5.74, 6) is 0.163. The first-order chi connectivity index (χ1) is 10.2. The predicted molar refractivity (Wildman–Crippen MR) is 81.6 cm³/mol. The molecule has 1 aliphatic heterocycles. The molecule has 1 unspecified atom stereocenters. The third-order valence-corrected chi connectivity index (χ3v) is 3.60. The van der Waals surface area contributed by atoms with Gasteiger partial charge in [-0.3, -0.25) is 9.59 Å². The molecule has 2 atom stereocenters. The van der Waals surface area contributed by atoms with Crippen LogP contribution in [0.5, 0.6) is 0 Å². The summed E-state index contributed by atoms with van der Waals surface area (Å²) in [6, 6.07) is 0. The van der Waals surface area contributed by atoms with Crippen LogP contribution in [0.15, 0.2) is 36.0 Å². The quantitative estimate of drug-likeness (QED) is 0.491. The summed E-state index contributed by atoms with van der Waals surface area (Å²) >= 11 is 0. The number of aliphatic hydroxyl groups excluding tert-OH is 1. The van der Waals surface area contributed by atoms with Gasteiger partial charge in [-0.15, -0.1) is 0 Å². The zero-order valence-electron chi connectivity index (χ0n) is 12.7. The van der Waals surface area contributed by atoms with E-state index in [4.69, 9.17) is 9.84 Å². The number of carbonyl (C=O) groups is 2. The number of ketones is 1. The lowest BCUT2D eigenvalue weighted by molar-refractivity contribution is -0.153. The molecule has 0 amide bonds. The Morgan fingerprint density at radius 1 is 1.33 bits per heavy atom. The molecule has 1 saturated heterocycles. The van der Waals surface area contributed by atoms with E-state index < -0.39 is 0 Å². The lowest BCUT2D eigenvalue weighted by atomic mass is 9.95. The first kappa shape index (κ1) is 17.4. The van der Waals surface area contributed by atoms with Crippen LogP contribution in [0.2, 0.25) is 0 Å². The molecule has 0 aromatic rings. The van der Waals surface area contributed by atoms with Crippen LogP contribution in [0.1, 0.15) is 39.0 Å². The summed E-state index contributed by atoms with van der Waals surface area (Å²) in [5.41, 5.74) is 0.847. The van der Waals surface area contributed by atoms with E-state index in [9.17, 15) is 9.59 Å². The van der Waals surface area contributed by atoms with Crippen molar-refractivity contribution in [1.29, 1.82) is 0 Å². The second-order valence-corrected chi connectivity index (χ2v) is 5.03. The molecule has 0 spiro atoms. The molecule has 1 aliphatic carbocycles. The molecule has 4 nitrogen and oxygen atoms in total. The fraction of sp³-hybridized carbons (Fsp3) is 0.529. The molecule has 0 radical (unpaired) electrons. The van der Waals surface area contributed by atoms with Gasteiger partial charge in [0.15, 0.2) is 5.78 Å². The lowest BCUT2D eigenvalue weighted by Gasteiger charge is -2.21. The van der Waals surface area contributed by atoms with Crippen molar-refractivity contribution in [2.75, 3.05) is 7.11 Å². The van der Waals surface area contributed by atoms with Crippen molar-refractivity contribution in [2.45, 2.75) is 45.1 Å². The highest BCUT2D eigenvalue weighted by Crippen LogP contribution is 2.27. The van der Waals surface area contributed by atoms with Crippen molar-refractivity contribution in [3.8, 4) is 0 Å². The third kappa shape index (κ3) is 5.31. The monoisotopic (exact) mass is 292 g/mol. The van der Waals surface area contributed by atoms with Gasteiger partial charge in [0, 0.05) is 31.4 Å². The number of hydrogen-bond donors (Lipinski definition) is 1. The first-order valence-electron chi connectivity index (χ1n) is 7.38. The highest BCUT2D eigenvalue weighted by atomic mass is 16.5. The van der Waals surface area contributed by atoms with Crippen LogP contribution < -0.4 is 0 Å². The van der Waals surface area contributed by atoms with E-state index >= 15 is 0 Å². The van der Waals surface area contributed by atoms with E-state index in [0.29, 0.717) is 12.8 Å². The Kier molecular flexibility index (Phi) is 7.69. The number of allylic oxidation sites excluding steroid dienone is 5. The second kappa shape index (κ2) is 9.29. The molecule has 0 aromatic heterocycles. The standard InChI is InChI=1S/C16H20O3.CH4O/c1-2-3-5-12-8-11-15(17)14(12)10-9-13-6-4-7-16(18)19-13;1-2/h2-3,8,10-13H,4-7,9H2,1H3;2H,1H3/b3-2-,14-10+;/t12-,13?;/m0./s1. The van der Waals surface area contributed by atoms with E-state index in [0.717, 1.165) is 31.9 Å². The first-order valence-corrected chi connectivity index (χ1v) is 7.38. The Bertz CT molecular complexity index is 446. The summed E-state index contributed by atoms with van der Waals surface area (Å²) in [5, 5.41) is 7.00. The van der Waals surface area contributed by atoms with E-state index in [1.54, 1.807) is 6.08 Å². The van der Waals surface area contributed by atoms with Crippen molar-refractivity contribution >= 4 is 11.8 Å². The van der Waals surface area contributed by atoms with Crippen LogP contribution in [0.4, 0.5) is 0 Å². The number of carbonyl (C=O) groups excluding carboxylic acids is 2. The molecular weight excluding hydrogens is 268 g/mol. The smallest absolute Gasteiger partial charge is 0.306 e. The Balaban J connectivity index is 0.00000106. The van der Waals surface area contributed by atoms with Crippen molar-refractivity contribution in [3.05, 3.63) is 36.0 Å². The van der Waals surface area contributed by atoms with Gasteiger partial charge >= 0.3 is 5.97 Å². The maximum Gasteiger partial charge on any atom is 0.306 e. The van der Waals surface area contributed by atoms with Gasteiger partial charge in [0.25, 0.3) is 0 Å². The molecule has 1 fully saturated rings. The molecular formula is C17H24O4. The predicted octanol–water partition coefficient (Wildman–Crippen LogP) is 2.73. The largest absolute Gasteiger partial charge is 0.462 e. The van der Waals surface area contributed by atoms with Crippen molar-refractivity contribution in [2.24, 2.45) is 5.92 Å². The van der Waals surface area contributed by atoms with Crippen LogP contribution in [0.25, 0.3) is 0 Å². The molecule has 4 heteroatoms. The van der Waals surface area contributed by atoms with Gasteiger partial charge in [0.1, 0.15) is 6.10 Å². The summed E-state index contributed by atoms with van der Waals surface area (Å²) in [4.78, 5) is 23.0. The highest BCUT2D eigenvalue weighted by molar-refractivity contribution is 6.07. The normalized spacial score (nSPS) is 26.9. The van der Waals surface area contributed by atoms with Gasteiger partial charge in [-0.25, -0.2) is 0 Å². The maximum atomic E-state index is 11.8. The number of cyclic esters (lactones) is 1. The van der Waals surface area contributed by atoms with Gasteiger partial charge in [-0.1, -0.05) is 24.3 Å². The second-order valence-electron chi connectivity index (χ2n) is 5.03. The number of hydrogen-bond acceptors (Lipinski definition) is 4. The molecule has 1 heterocycles. The Labute approximate surface area is 126 Å². The lowest BCUT2D eigenvalue weighted by Crippen LogP contribution is -2.23. The Morgan fingerprint density at radius 3 is 2.76 bits per heavy atom. The van der Waals surface area contributed by atoms with Crippen LogP contribution in [-0.2, 0) is 14.3 Å². The van der Waals surface area contributed by atoms with Gasteiger partial charge in [0.2, 0.25) is 0 Å².